The quantitative estimate of drug-likeness (QED) is 0.896. The van der Waals surface area contributed by atoms with Gasteiger partial charge in [-0.3, -0.25) is 9.79 Å². The molecule has 0 amide bonds. The van der Waals surface area contributed by atoms with Crippen molar-refractivity contribution in [2.75, 3.05) is 7.05 Å². The SMILES string of the molecule is CN[C@@H](CC1=CN=C(c2cccc(C(F)(F)F)c2)CC1)C(C)=O. The van der Waals surface area contributed by atoms with Crippen molar-refractivity contribution in [3.8, 4) is 0 Å². The first-order chi connectivity index (χ1) is 10.8. The van der Waals surface area contributed by atoms with Crippen LogP contribution in [-0.2, 0) is 11.0 Å². The standard InChI is InChI=1S/C17H19F3N2O/c1-11(23)16(21-2)8-12-6-7-15(22-10-12)13-4-3-5-14(9-13)17(18,19)20/h3-5,9-10,16,21H,6-8H2,1-2H3/t16-/m0/s1. The second kappa shape index (κ2) is 7.08. The molecule has 0 radical (unpaired) electrons. The van der Waals surface area contributed by atoms with Crippen LogP contribution in [0.2, 0.25) is 0 Å². The molecule has 1 aromatic rings. The fourth-order valence-corrected chi connectivity index (χ4v) is 2.54. The normalized spacial score (nSPS) is 16.6. The molecular formula is C17H19F3N2O. The van der Waals surface area contributed by atoms with Gasteiger partial charge in [-0.1, -0.05) is 12.1 Å². The van der Waals surface area contributed by atoms with E-state index in [2.05, 4.69) is 10.3 Å². The number of nitrogens with one attached hydrogen (secondary N) is 1. The predicted octanol–water partition coefficient (Wildman–Crippen LogP) is 3.74. The van der Waals surface area contributed by atoms with Crippen molar-refractivity contribution in [3.05, 3.63) is 47.2 Å². The first-order valence-corrected chi connectivity index (χ1v) is 7.41. The van der Waals surface area contributed by atoms with Crippen LogP contribution >= 0.6 is 0 Å². The first kappa shape index (κ1) is 17.4. The van der Waals surface area contributed by atoms with Gasteiger partial charge < -0.3 is 5.32 Å². The number of carbonyl (C=O) groups is 1. The van der Waals surface area contributed by atoms with Gasteiger partial charge in [-0.25, -0.2) is 0 Å². The highest BCUT2D eigenvalue weighted by Crippen LogP contribution is 2.30. The number of alkyl halides is 3. The molecule has 0 bridgehead atoms. The minimum Gasteiger partial charge on any atom is -0.310 e. The zero-order valence-electron chi connectivity index (χ0n) is 13.1. The van der Waals surface area contributed by atoms with E-state index in [-0.39, 0.29) is 11.8 Å². The average molecular weight is 324 g/mol. The molecule has 1 heterocycles. The van der Waals surface area contributed by atoms with E-state index >= 15 is 0 Å². The summed E-state index contributed by atoms with van der Waals surface area (Å²) in [5.74, 6) is 0.0565. The Hall–Kier alpha value is -1.95. The van der Waals surface area contributed by atoms with Crippen molar-refractivity contribution in [3.63, 3.8) is 0 Å². The fourth-order valence-electron chi connectivity index (χ4n) is 2.54. The van der Waals surface area contributed by atoms with Crippen molar-refractivity contribution in [2.24, 2.45) is 4.99 Å². The summed E-state index contributed by atoms with van der Waals surface area (Å²) in [6.45, 7) is 1.53. The molecule has 124 valence electrons. The molecular weight excluding hydrogens is 305 g/mol. The van der Waals surface area contributed by atoms with Crippen LogP contribution in [0.15, 0.2) is 41.0 Å². The largest absolute Gasteiger partial charge is 0.416 e. The average Bonchev–Trinajstić information content (AvgIpc) is 2.52. The van der Waals surface area contributed by atoms with E-state index < -0.39 is 11.7 Å². The lowest BCUT2D eigenvalue weighted by molar-refractivity contribution is -0.137. The van der Waals surface area contributed by atoms with Crippen molar-refractivity contribution >= 4 is 11.5 Å². The molecule has 6 heteroatoms. The molecule has 1 aliphatic heterocycles. The third kappa shape index (κ3) is 4.51. The van der Waals surface area contributed by atoms with Crippen LogP contribution < -0.4 is 5.32 Å². The van der Waals surface area contributed by atoms with Gasteiger partial charge in [-0.15, -0.1) is 0 Å². The minimum absolute atomic E-state index is 0.0565. The highest BCUT2D eigenvalue weighted by atomic mass is 19.4. The number of carbonyl (C=O) groups excluding carboxylic acids is 1. The summed E-state index contributed by atoms with van der Waals surface area (Å²) >= 11 is 0. The van der Waals surface area contributed by atoms with E-state index in [0.29, 0.717) is 30.5 Å². The van der Waals surface area contributed by atoms with Crippen LogP contribution in [0.25, 0.3) is 0 Å². The molecule has 0 saturated heterocycles. The summed E-state index contributed by atoms with van der Waals surface area (Å²) in [6.07, 6.45) is -0.840. The van der Waals surface area contributed by atoms with Gasteiger partial charge in [-0.2, -0.15) is 13.2 Å². The number of rotatable bonds is 5. The van der Waals surface area contributed by atoms with E-state index in [4.69, 9.17) is 0 Å². The zero-order chi connectivity index (χ0) is 17.0. The highest BCUT2D eigenvalue weighted by Gasteiger charge is 2.30. The first-order valence-electron chi connectivity index (χ1n) is 7.41. The maximum Gasteiger partial charge on any atom is 0.416 e. The van der Waals surface area contributed by atoms with Gasteiger partial charge in [0.2, 0.25) is 0 Å². The third-order valence-corrected chi connectivity index (χ3v) is 3.91. The van der Waals surface area contributed by atoms with Crippen molar-refractivity contribution < 1.29 is 18.0 Å². The Balaban J connectivity index is 2.16. The number of halogens is 3. The summed E-state index contributed by atoms with van der Waals surface area (Å²) in [6, 6.07) is 4.97. The summed E-state index contributed by atoms with van der Waals surface area (Å²) < 4.78 is 38.3. The number of likely N-dealkylation sites (N-methyl/N-ethyl adjacent to an activating group) is 1. The van der Waals surface area contributed by atoms with E-state index in [9.17, 15) is 18.0 Å². The smallest absolute Gasteiger partial charge is 0.310 e. The lowest BCUT2D eigenvalue weighted by Crippen LogP contribution is -2.32. The molecule has 0 spiro atoms. The summed E-state index contributed by atoms with van der Waals surface area (Å²) in [5, 5.41) is 2.95. The van der Waals surface area contributed by atoms with Crippen molar-refractivity contribution in [1.82, 2.24) is 5.32 Å². The molecule has 0 saturated carbocycles. The summed E-state index contributed by atoms with van der Waals surface area (Å²) in [7, 11) is 1.73. The highest BCUT2D eigenvalue weighted by molar-refractivity contribution is 6.01. The molecule has 1 aliphatic rings. The van der Waals surface area contributed by atoms with Crippen LogP contribution in [0.4, 0.5) is 13.2 Å². The molecule has 1 aromatic carbocycles. The van der Waals surface area contributed by atoms with Gasteiger partial charge in [0.15, 0.2) is 0 Å². The Labute approximate surface area is 133 Å². The number of ketones is 1. The molecule has 1 N–H and O–H groups in total. The zero-order valence-corrected chi connectivity index (χ0v) is 13.1. The van der Waals surface area contributed by atoms with Gasteiger partial charge in [0.05, 0.1) is 11.6 Å². The van der Waals surface area contributed by atoms with Crippen LogP contribution in [-0.4, -0.2) is 24.6 Å². The maximum absolute atomic E-state index is 12.8. The van der Waals surface area contributed by atoms with Gasteiger partial charge in [-0.05, 0) is 56.5 Å². The molecule has 3 nitrogen and oxygen atoms in total. The van der Waals surface area contributed by atoms with E-state index in [1.807, 2.05) is 0 Å². The minimum atomic E-state index is -4.35. The molecule has 0 aromatic heterocycles. The van der Waals surface area contributed by atoms with Crippen LogP contribution in [0.1, 0.15) is 37.3 Å². The van der Waals surface area contributed by atoms with Gasteiger partial charge in [0.1, 0.15) is 5.78 Å². The number of nitrogens with zero attached hydrogens (tertiary/aromatic N) is 1. The Kier molecular flexibility index (Phi) is 5.36. The number of aliphatic imine (C=N–C) groups is 1. The second-order valence-electron chi connectivity index (χ2n) is 5.60. The Bertz CT molecular complexity index is 647. The van der Waals surface area contributed by atoms with Crippen molar-refractivity contribution in [2.45, 2.75) is 38.4 Å². The van der Waals surface area contributed by atoms with E-state index in [0.717, 1.165) is 17.7 Å². The summed E-state index contributed by atoms with van der Waals surface area (Å²) in [5.41, 5.74) is 1.49. The maximum atomic E-state index is 12.8. The predicted molar refractivity (Wildman–Crippen MR) is 83.4 cm³/mol. The van der Waals surface area contributed by atoms with E-state index in [1.54, 1.807) is 19.3 Å². The number of hydrogen-bond donors (Lipinski definition) is 1. The molecule has 1 atom stereocenters. The topological polar surface area (TPSA) is 41.5 Å². The van der Waals surface area contributed by atoms with Crippen LogP contribution in [0.3, 0.4) is 0 Å². The lowest BCUT2D eigenvalue weighted by atomic mass is 9.94. The Morgan fingerprint density at radius 2 is 2.09 bits per heavy atom. The van der Waals surface area contributed by atoms with Crippen LogP contribution in [0, 0.1) is 0 Å². The lowest BCUT2D eigenvalue weighted by Gasteiger charge is -2.18. The van der Waals surface area contributed by atoms with Crippen LogP contribution in [0.5, 0.6) is 0 Å². The molecule has 0 unspecified atom stereocenters. The monoisotopic (exact) mass is 324 g/mol. The molecule has 2 rings (SSSR count). The Morgan fingerprint density at radius 1 is 1.35 bits per heavy atom. The fraction of sp³-hybridized carbons (Fsp3) is 0.412. The number of Topliss-reactive ketones (excluding diaryl/α,β-unsaturated/α-hetero) is 1. The number of benzene rings is 1. The molecule has 0 fully saturated rings. The third-order valence-electron chi connectivity index (χ3n) is 3.91. The van der Waals surface area contributed by atoms with Crippen molar-refractivity contribution in [1.29, 1.82) is 0 Å². The molecule has 23 heavy (non-hydrogen) atoms. The van der Waals surface area contributed by atoms with E-state index in [1.165, 1.54) is 13.0 Å². The summed E-state index contributed by atoms with van der Waals surface area (Å²) in [4.78, 5) is 15.7. The number of hydrogen-bond acceptors (Lipinski definition) is 3. The Morgan fingerprint density at radius 3 is 2.61 bits per heavy atom. The van der Waals surface area contributed by atoms with Gasteiger partial charge >= 0.3 is 6.18 Å². The van der Waals surface area contributed by atoms with Gasteiger partial charge in [0, 0.05) is 11.9 Å². The van der Waals surface area contributed by atoms with Gasteiger partial charge in [0.25, 0.3) is 0 Å². The second-order valence-corrected chi connectivity index (χ2v) is 5.60. The molecule has 0 aliphatic carbocycles.